The Labute approximate surface area is 153 Å². The smallest absolute Gasteiger partial charge is 0.395 e. The van der Waals surface area contributed by atoms with Crippen molar-refractivity contribution in [3.8, 4) is 22.6 Å². The number of likely N-dealkylation sites (tertiary alicyclic amines) is 1. The molecule has 2 aromatic rings. The number of benzene rings is 2. The number of primary amides is 1. The fraction of sp³-hybridized carbons (Fsp3) is 0.263. The maximum absolute atomic E-state index is 13.1. The Morgan fingerprint density at radius 2 is 1.70 bits per heavy atom. The van der Waals surface area contributed by atoms with Gasteiger partial charge in [0.15, 0.2) is 11.5 Å². The van der Waals surface area contributed by atoms with Crippen LogP contribution in [0.3, 0.4) is 0 Å². The maximum atomic E-state index is 13.1. The highest BCUT2D eigenvalue weighted by Gasteiger charge is 2.43. The van der Waals surface area contributed by atoms with Gasteiger partial charge >= 0.3 is 6.29 Å². The second-order valence-electron chi connectivity index (χ2n) is 6.47. The molecular formula is C19H16F2N2O4. The Balaban J connectivity index is 1.55. The van der Waals surface area contributed by atoms with Crippen LogP contribution in [0.2, 0.25) is 0 Å². The summed E-state index contributed by atoms with van der Waals surface area (Å²) in [5.74, 6) is -0.830. The first-order chi connectivity index (χ1) is 12.8. The third-order valence-electron chi connectivity index (χ3n) is 4.71. The molecule has 27 heavy (non-hydrogen) atoms. The van der Waals surface area contributed by atoms with E-state index in [9.17, 15) is 18.4 Å². The predicted molar refractivity (Wildman–Crippen MR) is 91.3 cm³/mol. The highest BCUT2D eigenvalue weighted by atomic mass is 19.3. The van der Waals surface area contributed by atoms with Gasteiger partial charge in [0.1, 0.15) is 6.04 Å². The fourth-order valence-corrected chi connectivity index (χ4v) is 3.41. The van der Waals surface area contributed by atoms with Crippen molar-refractivity contribution in [2.24, 2.45) is 5.73 Å². The number of alkyl halides is 2. The quantitative estimate of drug-likeness (QED) is 0.896. The molecule has 2 heterocycles. The lowest BCUT2D eigenvalue weighted by Gasteiger charge is -2.22. The first kappa shape index (κ1) is 17.3. The van der Waals surface area contributed by atoms with E-state index in [-0.39, 0.29) is 17.4 Å². The van der Waals surface area contributed by atoms with Gasteiger partial charge < -0.3 is 20.1 Å². The zero-order chi connectivity index (χ0) is 19.2. The number of halogens is 2. The van der Waals surface area contributed by atoms with Crippen LogP contribution in [0.4, 0.5) is 8.78 Å². The van der Waals surface area contributed by atoms with Crippen LogP contribution in [0.5, 0.6) is 11.5 Å². The van der Waals surface area contributed by atoms with E-state index in [0.717, 1.165) is 12.0 Å². The Kier molecular flexibility index (Phi) is 3.98. The van der Waals surface area contributed by atoms with E-state index in [2.05, 4.69) is 9.47 Å². The molecule has 1 fully saturated rings. The van der Waals surface area contributed by atoms with Crippen LogP contribution in [-0.2, 0) is 4.79 Å². The monoisotopic (exact) mass is 374 g/mol. The first-order valence-electron chi connectivity index (χ1n) is 8.45. The third-order valence-corrected chi connectivity index (χ3v) is 4.71. The van der Waals surface area contributed by atoms with Gasteiger partial charge in [0.25, 0.3) is 5.91 Å². The van der Waals surface area contributed by atoms with Gasteiger partial charge in [-0.25, -0.2) is 0 Å². The molecule has 140 valence electrons. The number of fused-ring (bicyclic) bond motifs is 1. The van der Waals surface area contributed by atoms with Crippen LogP contribution in [0.1, 0.15) is 23.2 Å². The van der Waals surface area contributed by atoms with Crippen LogP contribution in [0, 0.1) is 0 Å². The summed E-state index contributed by atoms with van der Waals surface area (Å²) in [5.41, 5.74) is 7.16. The fourth-order valence-electron chi connectivity index (χ4n) is 3.41. The highest BCUT2D eigenvalue weighted by Crippen LogP contribution is 2.42. The summed E-state index contributed by atoms with van der Waals surface area (Å²) in [7, 11) is 0. The standard InChI is InChI=1S/C19H16F2N2O4/c20-19(21)26-15-8-7-13(10-16(15)27-19)11-3-5-12(6-4-11)18(25)23-9-1-2-14(23)17(22)24/h3-8,10,14H,1-2,9H2,(H2,22,24)/t14-/m0/s1. The van der Waals surface area contributed by atoms with Crippen LogP contribution in [0.15, 0.2) is 42.5 Å². The number of nitrogens with zero attached hydrogens (tertiary/aromatic N) is 1. The minimum Gasteiger partial charge on any atom is -0.395 e. The van der Waals surface area contributed by atoms with E-state index in [4.69, 9.17) is 5.73 Å². The topological polar surface area (TPSA) is 81.9 Å². The average molecular weight is 374 g/mol. The van der Waals surface area contributed by atoms with Gasteiger partial charge in [0.2, 0.25) is 5.91 Å². The molecule has 2 amide bonds. The Morgan fingerprint density at radius 1 is 1.04 bits per heavy atom. The van der Waals surface area contributed by atoms with E-state index >= 15 is 0 Å². The van der Waals surface area contributed by atoms with Crippen molar-refractivity contribution in [1.29, 1.82) is 0 Å². The molecule has 0 radical (unpaired) electrons. The van der Waals surface area contributed by atoms with E-state index in [1.807, 2.05) is 0 Å². The van der Waals surface area contributed by atoms with E-state index in [1.165, 1.54) is 17.0 Å². The van der Waals surface area contributed by atoms with Gasteiger partial charge in [-0.2, -0.15) is 0 Å². The van der Waals surface area contributed by atoms with Crippen LogP contribution in [0.25, 0.3) is 11.1 Å². The molecule has 0 aliphatic carbocycles. The molecule has 6 nitrogen and oxygen atoms in total. The summed E-state index contributed by atoms with van der Waals surface area (Å²) in [6.45, 7) is 0.491. The molecule has 8 heteroatoms. The summed E-state index contributed by atoms with van der Waals surface area (Å²) in [4.78, 5) is 25.6. The van der Waals surface area contributed by atoms with Gasteiger partial charge in [-0.3, -0.25) is 9.59 Å². The number of amides is 2. The summed E-state index contributed by atoms with van der Waals surface area (Å²) in [6.07, 6.45) is -2.36. The number of carbonyl (C=O) groups excluding carboxylic acids is 2. The molecule has 0 saturated carbocycles. The molecule has 0 bridgehead atoms. The molecule has 0 unspecified atom stereocenters. The summed E-state index contributed by atoms with van der Waals surface area (Å²) < 4.78 is 35.1. The second kappa shape index (κ2) is 6.22. The number of hydrogen-bond donors (Lipinski definition) is 1. The van der Waals surface area contributed by atoms with Gasteiger partial charge in [0.05, 0.1) is 0 Å². The summed E-state index contributed by atoms with van der Waals surface area (Å²) in [5, 5.41) is 0. The summed E-state index contributed by atoms with van der Waals surface area (Å²) in [6, 6.07) is 10.6. The second-order valence-corrected chi connectivity index (χ2v) is 6.47. The average Bonchev–Trinajstić information content (AvgIpc) is 3.23. The zero-order valence-corrected chi connectivity index (χ0v) is 14.2. The van der Waals surface area contributed by atoms with Crippen molar-refractivity contribution in [3.63, 3.8) is 0 Å². The van der Waals surface area contributed by atoms with Crippen molar-refractivity contribution in [2.45, 2.75) is 25.2 Å². The van der Waals surface area contributed by atoms with E-state index < -0.39 is 18.2 Å². The lowest BCUT2D eigenvalue weighted by Crippen LogP contribution is -2.43. The molecule has 0 spiro atoms. The normalized spacial score (nSPS) is 19.9. The van der Waals surface area contributed by atoms with Crippen LogP contribution in [-0.4, -0.2) is 35.6 Å². The van der Waals surface area contributed by atoms with Crippen molar-refractivity contribution in [3.05, 3.63) is 48.0 Å². The van der Waals surface area contributed by atoms with Gasteiger partial charge in [-0.1, -0.05) is 18.2 Å². The number of carbonyl (C=O) groups is 2. The first-order valence-corrected chi connectivity index (χ1v) is 8.45. The third kappa shape index (κ3) is 3.18. The van der Waals surface area contributed by atoms with Crippen LogP contribution >= 0.6 is 0 Å². The van der Waals surface area contributed by atoms with Crippen molar-refractivity contribution < 1.29 is 27.8 Å². The zero-order valence-electron chi connectivity index (χ0n) is 14.2. The molecule has 2 N–H and O–H groups in total. The maximum Gasteiger partial charge on any atom is 0.586 e. The molecule has 1 atom stereocenters. The molecule has 0 aromatic heterocycles. The lowest BCUT2D eigenvalue weighted by molar-refractivity contribution is -0.286. The highest BCUT2D eigenvalue weighted by molar-refractivity contribution is 5.98. The molecule has 1 saturated heterocycles. The number of nitrogens with two attached hydrogens (primary N) is 1. The van der Waals surface area contributed by atoms with Gasteiger partial charge in [0, 0.05) is 12.1 Å². The van der Waals surface area contributed by atoms with Crippen molar-refractivity contribution in [1.82, 2.24) is 4.90 Å². The number of rotatable bonds is 3. The predicted octanol–water partition coefficient (Wildman–Crippen LogP) is 2.77. The summed E-state index contributed by atoms with van der Waals surface area (Å²) >= 11 is 0. The van der Waals surface area contributed by atoms with Crippen molar-refractivity contribution in [2.75, 3.05) is 6.54 Å². The SMILES string of the molecule is NC(=O)[C@@H]1CCCN1C(=O)c1ccc(-c2ccc3c(c2)OC(F)(F)O3)cc1. The molecular weight excluding hydrogens is 358 g/mol. The Morgan fingerprint density at radius 3 is 2.41 bits per heavy atom. The van der Waals surface area contributed by atoms with Crippen LogP contribution < -0.4 is 15.2 Å². The molecule has 2 aromatic carbocycles. The Bertz CT molecular complexity index is 914. The van der Waals surface area contributed by atoms with E-state index in [0.29, 0.717) is 24.1 Å². The minimum absolute atomic E-state index is 0.0259. The van der Waals surface area contributed by atoms with Gasteiger partial charge in [-0.05, 0) is 48.2 Å². The number of hydrogen-bond acceptors (Lipinski definition) is 4. The molecule has 2 aliphatic rings. The van der Waals surface area contributed by atoms with Crippen molar-refractivity contribution >= 4 is 11.8 Å². The molecule has 4 rings (SSSR count). The molecule has 2 aliphatic heterocycles. The van der Waals surface area contributed by atoms with Gasteiger partial charge in [-0.15, -0.1) is 8.78 Å². The largest absolute Gasteiger partial charge is 0.586 e. The number of ether oxygens (including phenoxy) is 2. The Hall–Kier alpha value is -3.16. The minimum atomic E-state index is -3.66. The lowest BCUT2D eigenvalue weighted by atomic mass is 10.0. The van der Waals surface area contributed by atoms with E-state index in [1.54, 1.807) is 30.3 Å².